The number of rotatable bonds is 8. The standard InChI is InChI=1S/C19H23N3O5/c1-13-5-7-17(26-3)14(9-13)11-21(2)12-19(23)20-16-10-15(22(24)25)6-8-18(16)27-4/h5-10H,11-12H2,1-4H3,(H,20,23). The van der Waals surface area contributed by atoms with Crippen molar-refractivity contribution in [2.24, 2.45) is 0 Å². The molecule has 0 aliphatic carbocycles. The molecule has 0 aromatic heterocycles. The Balaban J connectivity index is 2.06. The van der Waals surface area contributed by atoms with Crippen LogP contribution in [-0.4, -0.2) is 43.5 Å². The van der Waals surface area contributed by atoms with Gasteiger partial charge in [-0.2, -0.15) is 0 Å². The Morgan fingerprint density at radius 3 is 2.44 bits per heavy atom. The molecule has 0 saturated heterocycles. The second kappa shape index (κ2) is 9.00. The Morgan fingerprint density at radius 1 is 1.15 bits per heavy atom. The van der Waals surface area contributed by atoms with Gasteiger partial charge in [-0.05, 0) is 26.1 Å². The first-order valence-electron chi connectivity index (χ1n) is 8.28. The van der Waals surface area contributed by atoms with Crippen molar-refractivity contribution in [2.75, 3.05) is 33.1 Å². The summed E-state index contributed by atoms with van der Waals surface area (Å²) in [5.74, 6) is 0.813. The van der Waals surface area contributed by atoms with Crippen LogP contribution >= 0.6 is 0 Å². The van der Waals surface area contributed by atoms with Crippen molar-refractivity contribution in [3.63, 3.8) is 0 Å². The molecule has 0 spiro atoms. The minimum absolute atomic E-state index is 0.100. The second-order valence-corrected chi connectivity index (χ2v) is 6.18. The molecule has 1 amide bonds. The quantitative estimate of drug-likeness (QED) is 0.565. The molecule has 0 aliphatic rings. The van der Waals surface area contributed by atoms with Gasteiger partial charge in [0.15, 0.2) is 0 Å². The fourth-order valence-corrected chi connectivity index (χ4v) is 2.72. The topological polar surface area (TPSA) is 93.9 Å². The summed E-state index contributed by atoms with van der Waals surface area (Å²) in [7, 11) is 4.86. The highest BCUT2D eigenvalue weighted by molar-refractivity contribution is 5.94. The number of carbonyl (C=O) groups excluding carboxylic acids is 1. The Kier molecular flexibility index (Phi) is 6.73. The Hall–Kier alpha value is -3.13. The summed E-state index contributed by atoms with van der Waals surface area (Å²) >= 11 is 0. The lowest BCUT2D eigenvalue weighted by Crippen LogP contribution is -2.30. The zero-order chi connectivity index (χ0) is 20.0. The third kappa shape index (κ3) is 5.42. The van der Waals surface area contributed by atoms with Crippen LogP contribution in [0.4, 0.5) is 11.4 Å². The van der Waals surface area contributed by atoms with Crippen LogP contribution in [0.3, 0.4) is 0 Å². The highest BCUT2D eigenvalue weighted by Gasteiger charge is 2.15. The lowest BCUT2D eigenvalue weighted by atomic mass is 10.1. The number of nitrogens with zero attached hydrogens (tertiary/aromatic N) is 2. The Labute approximate surface area is 157 Å². The third-order valence-electron chi connectivity index (χ3n) is 3.96. The molecule has 1 N–H and O–H groups in total. The van der Waals surface area contributed by atoms with E-state index in [9.17, 15) is 14.9 Å². The number of aryl methyl sites for hydroxylation is 1. The molecule has 8 heteroatoms. The first kappa shape index (κ1) is 20.2. The molecule has 0 fully saturated rings. The first-order chi connectivity index (χ1) is 12.8. The molecule has 2 rings (SSSR count). The van der Waals surface area contributed by atoms with E-state index in [1.807, 2.05) is 37.1 Å². The summed E-state index contributed by atoms with van der Waals surface area (Å²) in [4.78, 5) is 24.6. The van der Waals surface area contributed by atoms with Gasteiger partial charge in [0.05, 0.1) is 31.4 Å². The zero-order valence-electron chi connectivity index (χ0n) is 15.8. The Morgan fingerprint density at radius 2 is 1.81 bits per heavy atom. The summed E-state index contributed by atoms with van der Waals surface area (Å²) in [6.45, 7) is 2.61. The van der Waals surface area contributed by atoms with E-state index in [1.165, 1.54) is 25.3 Å². The lowest BCUT2D eigenvalue weighted by molar-refractivity contribution is -0.384. The van der Waals surface area contributed by atoms with Crippen molar-refractivity contribution < 1.29 is 19.2 Å². The van der Waals surface area contributed by atoms with Gasteiger partial charge in [-0.25, -0.2) is 0 Å². The van der Waals surface area contributed by atoms with Gasteiger partial charge in [-0.1, -0.05) is 17.7 Å². The van der Waals surface area contributed by atoms with Crippen LogP contribution in [0.1, 0.15) is 11.1 Å². The average Bonchev–Trinajstić information content (AvgIpc) is 2.61. The molecule has 0 saturated carbocycles. The van der Waals surface area contributed by atoms with Crippen LogP contribution in [0.15, 0.2) is 36.4 Å². The van der Waals surface area contributed by atoms with Gasteiger partial charge in [0.1, 0.15) is 11.5 Å². The van der Waals surface area contributed by atoms with Gasteiger partial charge in [-0.3, -0.25) is 19.8 Å². The minimum atomic E-state index is -0.523. The molecule has 0 atom stereocenters. The van der Waals surface area contributed by atoms with Gasteiger partial charge in [0.2, 0.25) is 5.91 Å². The average molecular weight is 373 g/mol. The smallest absolute Gasteiger partial charge is 0.271 e. The van der Waals surface area contributed by atoms with E-state index in [1.54, 1.807) is 7.11 Å². The van der Waals surface area contributed by atoms with Gasteiger partial charge < -0.3 is 14.8 Å². The van der Waals surface area contributed by atoms with E-state index in [0.717, 1.165) is 16.9 Å². The van der Waals surface area contributed by atoms with Crippen molar-refractivity contribution in [3.8, 4) is 11.5 Å². The van der Waals surface area contributed by atoms with E-state index in [2.05, 4.69) is 5.32 Å². The van der Waals surface area contributed by atoms with Gasteiger partial charge in [-0.15, -0.1) is 0 Å². The number of benzene rings is 2. The summed E-state index contributed by atoms with van der Waals surface area (Å²) in [6, 6.07) is 9.92. The number of nitro benzene ring substituents is 1. The third-order valence-corrected chi connectivity index (χ3v) is 3.96. The highest BCUT2D eigenvalue weighted by atomic mass is 16.6. The number of methoxy groups -OCH3 is 2. The molecule has 0 heterocycles. The molecule has 0 aliphatic heterocycles. The van der Waals surface area contributed by atoms with Crippen LogP contribution in [0.2, 0.25) is 0 Å². The number of anilines is 1. The molecule has 2 aromatic carbocycles. The Bertz CT molecular complexity index is 838. The number of likely N-dealkylation sites (N-methyl/N-ethyl adjacent to an activating group) is 1. The summed E-state index contributed by atoms with van der Waals surface area (Å²) in [5, 5.41) is 13.6. The summed E-state index contributed by atoms with van der Waals surface area (Å²) in [5.41, 5.74) is 2.22. The SMILES string of the molecule is COc1ccc(C)cc1CN(C)CC(=O)Nc1cc([N+](=O)[O-])ccc1OC. The fourth-order valence-electron chi connectivity index (χ4n) is 2.72. The molecule has 0 unspecified atom stereocenters. The molecule has 144 valence electrons. The molecule has 2 aromatic rings. The lowest BCUT2D eigenvalue weighted by Gasteiger charge is -2.19. The van der Waals surface area contributed by atoms with Gasteiger partial charge in [0, 0.05) is 24.2 Å². The maximum atomic E-state index is 12.4. The van der Waals surface area contributed by atoms with Crippen LogP contribution < -0.4 is 14.8 Å². The van der Waals surface area contributed by atoms with E-state index in [-0.39, 0.29) is 23.8 Å². The van der Waals surface area contributed by atoms with Crippen molar-refractivity contribution in [1.82, 2.24) is 4.90 Å². The van der Waals surface area contributed by atoms with Crippen molar-refractivity contribution in [1.29, 1.82) is 0 Å². The van der Waals surface area contributed by atoms with Gasteiger partial charge >= 0.3 is 0 Å². The minimum Gasteiger partial charge on any atom is -0.496 e. The maximum Gasteiger partial charge on any atom is 0.271 e. The number of hydrogen-bond acceptors (Lipinski definition) is 6. The second-order valence-electron chi connectivity index (χ2n) is 6.18. The normalized spacial score (nSPS) is 10.6. The summed E-state index contributed by atoms with van der Waals surface area (Å²) < 4.78 is 10.5. The van der Waals surface area contributed by atoms with E-state index in [0.29, 0.717) is 12.3 Å². The number of hydrogen-bond donors (Lipinski definition) is 1. The maximum absolute atomic E-state index is 12.4. The molecular formula is C19H23N3O5. The number of ether oxygens (including phenoxy) is 2. The van der Waals surface area contributed by atoms with Crippen LogP contribution in [0.5, 0.6) is 11.5 Å². The number of nitrogens with one attached hydrogen (secondary N) is 1. The van der Waals surface area contributed by atoms with Gasteiger partial charge in [0.25, 0.3) is 5.69 Å². The fraction of sp³-hybridized carbons (Fsp3) is 0.316. The van der Waals surface area contributed by atoms with Crippen LogP contribution in [0, 0.1) is 17.0 Å². The number of amides is 1. The number of nitro groups is 1. The zero-order valence-corrected chi connectivity index (χ0v) is 15.8. The van der Waals surface area contributed by atoms with E-state index >= 15 is 0 Å². The van der Waals surface area contributed by atoms with E-state index < -0.39 is 4.92 Å². The number of carbonyl (C=O) groups is 1. The molecule has 0 radical (unpaired) electrons. The van der Waals surface area contributed by atoms with Crippen LogP contribution in [0.25, 0.3) is 0 Å². The predicted octanol–water partition coefficient (Wildman–Crippen LogP) is 2.99. The van der Waals surface area contributed by atoms with Crippen LogP contribution in [-0.2, 0) is 11.3 Å². The largest absolute Gasteiger partial charge is 0.496 e. The highest BCUT2D eigenvalue weighted by Crippen LogP contribution is 2.29. The molecule has 8 nitrogen and oxygen atoms in total. The van der Waals surface area contributed by atoms with Crippen molar-refractivity contribution in [3.05, 3.63) is 57.6 Å². The predicted molar refractivity (Wildman–Crippen MR) is 102 cm³/mol. The summed E-state index contributed by atoms with van der Waals surface area (Å²) in [6.07, 6.45) is 0. The number of non-ortho nitro benzene ring substituents is 1. The van der Waals surface area contributed by atoms with Crippen molar-refractivity contribution in [2.45, 2.75) is 13.5 Å². The molecule has 0 bridgehead atoms. The first-order valence-corrected chi connectivity index (χ1v) is 8.28. The molecule has 27 heavy (non-hydrogen) atoms. The monoisotopic (exact) mass is 373 g/mol. The van der Waals surface area contributed by atoms with Crippen molar-refractivity contribution >= 4 is 17.3 Å². The van der Waals surface area contributed by atoms with E-state index in [4.69, 9.17) is 9.47 Å². The molecular weight excluding hydrogens is 350 g/mol.